The van der Waals surface area contributed by atoms with Crippen molar-refractivity contribution >= 4 is 6.09 Å². The lowest BCUT2D eigenvalue weighted by atomic mass is 9.80. The fourth-order valence-electron chi connectivity index (χ4n) is 2.69. The Morgan fingerprint density at radius 2 is 1.93 bits per heavy atom. The highest BCUT2D eigenvalue weighted by molar-refractivity contribution is 5.66. The van der Waals surface area contributed by atoms with Crippen LogP contribution in [0.2, 0.25) is 0 Å². The number of hydrogen-bond acceptors (Lipinski definition) is 2. The molecule has 1 amide bonds. The first kappa shape index (κ1) is 12.3. The summed E-state index contributed by atoms with van der Waals surface area (Å²) in [5, 5.41) is 12.6. The summed E-state index contributed by atoms with van der Waals surface area (Å²) < 4.78 is 0. The molecular weight excluding hydrogens is 192 g/mol. The van der Waals surface area contributed by atoms with Crippen molar-refractivity contribution in [2.75, 3.05) is 6.54 Å². The molecule has 0 aromatic rings. The topological polar surface area (TPSA) is 52.6 Å². The van der Waals surface area contributed by atoms with E-state index < -0.39 is 6.09 Å². The minimum atomic E-state index is -0.810. The van der Waals surface area contributed by atoms with E-state index in [0.717, 1.165) is 0 Å². The summed E-state index contributed by atoms with van der Waals surface area (Å²) in [5.74, 6) is 0. The lowest BCUT2D eigenvalue weighted by Gasteiger charge is -2.48. The predicted octanol–water partition coefficient (Wildman–Crippen LogP) is 1.76. The van der Waals surface area contributed by atoms with Crippen molar-refractivity contribution in [3.05, 3.63) is 0 Å². The Kier molecular flexibility index (Phi) is 3.28. The zero-order valence-corrected chi connectivity index (χ0v) is 10.2. The van der Waals surface area contributed by atoms with Gasteiger partial charge in [-0.2, -0.15) is 0 Å². The summed E-state index contributed by atoms with van der Waals surface area (Å²) in [4.78, 5) is 12.8. The van der Waals surface area contributed by atoms with Crippen LogP contribution < -0.4 is 5.32 Å². The van der Waals surface area contributed by atoms with Gasteiger partial charge in [-0.15, -0.1) is 0 Å². The SMILES string of the molecule is CC1CN(C(=O)O)C(C(C)(C)C)C(C)N1. The Labute approximate surface area is 91.6 Å². The van der Waals surface area contributed by atoms with Crippen molar-refractivity contribution in [1.82, 2.24) is 10.2 Å². The molecule has 0 bridgehead atoms. The van der Waals surface area contributed by atoms with Crippen molar-refractivity contribution in [3.8, 4) is 0 Å². The predicted molar refractivity (Wildman–Crippen MR) is 60.0 cm³/mol. The summed E-state index contributed by atoms with van der Waals surface area (Å²) >= 11 is 0. The molecule has 15 heavy (non-hydrogen) atoms. The summed E-state index contributed by atoms with van der Waals surface area (Å²) in [6, 6.07) is 0.464. The first-order valence-electron chi connectivity index (χ1n) is 5.49. The molecule has 0 saturated carbocycles. The third-order valence-electron chi connectivity index (χ3n) is 2.96. The van der Waals surface area contributed by atoms with E-state index in [1.54, 1.807) is 4.90 Å². The minimum absolute atomic E-state index is 0.0335. The van der Waals surface area contributed by atoms with Gasteiger partial charge in [-0.25, -0.2) is 4.79 Å². The van der Waals surface area contributed by atoms with Crippen LogP contribution in [0.1, 0.15) is 34.6 Å². The lowest BCUT2D eigenvalue weighted by Crippen LogP contribution is -2.65. The molecule has 0 aliphatic carbocycles. The number of amides is 1. The molecule has 0 spiro atoms. The minimum Gasteiger partial charge on any atom is -0.465 e. The van der Waals surface area contributed by atoms with Gasteiger partial charge in [0.05, 0.1) is 6.04 Å². The van der Waals surface area contributed by atoms with Gasteiger partial charge in [0.1, 0.15) is 0 Å². The standard InChI is InChI=1S/C11H22N2O2/c1-7-6-13(10(14)15)9(8(2)12-7)11(3,4)5/h7-9,12H,6H2,1-5H3,(H,14,15). The van der Waals surface area contributed by atoms with Crippen LogP contribution >= 0.6 is 0 Å². The van der Waals surface area contributed by atoms with Gasteiger partial charge in [0.25, 0.3) is 0 Å². The van der Waals surface area contributed by atoms with Gasteiger partial charge in [0, 0.05) is 18.6 Å². The van der Waals surface area contributed by atoms with Gasteiger partial charge in [0.2, 0.25) is 0 Å². The molecule has 0 radical (unpaired) electrons. The largest absolute Gasteiger partial charge is 0.465 e. The smallest absolute Gasteiger partial charge is 0.407 e. The van der Waals surface area contributed by atoms with Gasteiger partial charge in [-0.1, -0.05) is 20.8 Å². The fraction of sp³-hybridized carbons (Fsp3) is 0.909. The molecular formula is C11H22N2O2. The van der Waals surface area contributed by atoms with Gasteiger partial charge in [-0.05, 0) is 19.3 Å². The summed E-state index contributed by atoms with van der Waals surface area (Å²) in [5.41, 5.74) is -0.0368. The second-order valence-electron chi connectivity index (χ2n) is 5.60. The Balaban J connectivity index is 2.93. The van der Waals surface area contributed by atoms with Crippen LogP contribution in [0.25, 0.3) is 0 Å². The van der Waals surface area contributed by atoms with Crippen molar-refractivity contribution in [2.45, 2.75) is 52.7 Å². The second kappa shape index (κ2) is 4.00. The maximum Gasteiger partial charge on any atom is 0.407 e. The Hall–Kier alpha value is -0.770. The molecule has 2 N–H and O–H groups in total. The summed E-state index contributed by atoms with van der Waals surface area (Å²) in [6.07, 6.45) is -0.810. The number of carbonyl (C=O) groups is 1. The average Bonchev–Trinajstić information content (AvgIpc) is 1.99. The monoisotopic (exact) mass is 214 g/mol. The maximum atomic E-state index is 11.2. The normalized spacial score (nSPS) is 32.9. The van der Waals surface area contributed by atoms with Crippen LogP contribution in [0, 0.1) is 5.41 Å². The molecule has 0 aromatic carbocycles. The highest BCUT2D eigenvalue weighted by Crippen LogP contribution is 2.29. The molecule has 1 saturated heterocycles. The molecule has 4 nitrogen and oxygen atoms in total. The van der Waals surface area contributed by atoms with E-state index in [9.17, 15) is 9.90 Å². The molecule has 1 heterocycles. The molecule has 88 valence electrons. The third-order valence-corrected chi connectivity index (χ3v) is 2.96. The summed E-state index contributed by atoms with van der Waals surface area (Å²) in [7, 11) is 0. The molecule has 1 rings (SSSR count). The second-order valence-corrected chi connectivity index (χ2v) is 5.60. The molecule has 1 aliphatic heterocycles. The Bertz CT molecular complexity index is 247. The average molecular weight is 214 g/mol. The maximum absolute atomic E-state index is 11.2. The van der Waals surface area contributed by atoms with Crippen molar-refractivity contribution < 1.29 is 9.90 Å². The zero-order chi connectivity index (χ0) is 11.8. The first-order chi connectivity index (χ1) is 6.73. The van der Waals surface area contributed by atoms with Gasteiger partial charge < -0.3 is 15.3 Å². The number of rotatable bonds is 0. The van der Waals surface area contributed by atoms with Crippen molar-refractivity contribution in [3.63, 3.8) is 0 Å². The quantitative estimate of drug-likeness (QED) is 0.646. The Morgan fingerprint density at radius 3 is 2.33 bits per heavy atom. The molecule has 4 heteroatoms. The number of carboxylic acid groups (broad SMARTS) is 1. The molecule has 1 aliphatic rings. The lowest BCUT2D eigenvalue weighted by molar-refractivity contribution is 0.0327. The third kappa shape index (κ3) is 2.62. The van der Waals surface area contributed by atoms with Crippen molar-refractivity contribution in [2.24, 2.45) is 5.41 Å². The zero-order valence-electron chi connectivity index (χ0n) is 10.2. The Morgan fingerprint density at radius 1 is 1.40 bits per heavy atom. The van der Waals surface area contributed by atoms with Crippen LogP contribution in [0.5, 0.6) is 0 Å². The van der Waals surface area contributed by atoms with Crippen LogP contribution in [-0.2, 0) is 0 Å². The highest BCUT2D eigenvalue weighted by atomic mass is 16.4. The van der Waals surface area contributed by atoms with Crippen LogP contribution in [0.3, 0.4) is 0 Å². The number of nitrogens with zero attached hydrogens (tertiary/aromatic N) is 1. The summed E-state index contributed by atoms with van der Waals surface area (Å²) in [6.45, 7) is 10.9. The van der Waals surface area contributed by atoms with Crippen LogP contribution in [0.15, 0.2) is 0 Å². The number of nitrogens with one attached hydrogen (secondary N) is 1. The molecule has 3 unspecified atom stereocenters. The van der Waals surface area contributed by atoms with Gasteiger partial charge >= 0.3 is 6.09 Å². The highest BCUT2D eigenvalue weighted by Gasteiger charge is 2.41. The number of hydrogen-bond donors (Lipinski definition) is 2. The van der Waals surface area contributed by atoms with E-state index in [2.05, 4.69) is 33.0 Å². The van der Waals surface area contributed by atoms with Gasteiger partial charge in [0.15, 0.2) is 0 Å². The van der Waals surface area contributed by atoms with E-state index in [-0.39, 0.29) is 23.5 Å². The van der Waals surface area contributed by atoms with Crippen LogP contribution in [-0.4, -0.2) is 40.8 Å². The molecule has 3 atom stereocenters. The van der Waals surface area contributed by atoms with E-state index in [1.165, 1.54) is 0 Å². The van der Waals surface area contributed by atoms with E-state index in [0.29, 0.717) is 6.54 Å². The fourth-order valence-corrected chi connectivity index (χ4v) is 2.69. The molecule has 0 aromatic heterocycles. The van der Waals surface area contributed by atoms with E-state index in [1.807, 2.05) is 6.92 Å². The van der Waals surface area contributed by atoms with E-state index in [4.69, 9.17) is 0 Å². The van der Waals surface area contributed by atoms with E-state index >= 15 is 0 Å². The van der Waals surface area contributed by atoms with Crippen molar-refractivity contribution in [1.29, 1.82) is 0 Å². The first-order valence-corrected chi connectivity index (χ1v) is 5.49. The molecule has 1 fully saturated rings. The van der Waals surface area contributed by atoms with Crippen LogP contribution in [0.4, 0.5) is 4.79 Å². The number of piperazine rings is 1. The van der Waals surface area contributed by atoms with Gasteiger partial charge in [-0.3, -0.25) is 0 Å².